The molecule has 0 radical (unpaired) electrons. The van der Waals surface area contributed by atoms with Crippen molar-refractivity contribution in [3.05, 3.63) is 47.8 Å². The number of halogens is 4. The molecule has 0 saturated heterocycles. The fourth-order valence-corrected chi connectivity index (χ4v) is 1.86. The molecule has 2 aromatic carbocycles. The second kappa shape index (κ2) is 5.03. The standard InChI is InChI=1S/C14H11F4NO/c1-20-12-4-2-3-11(13(12)15)8-5-9(14(16,17)18)7-10(19)6-8/h2-7H,19H2,1H3. The van der Waals surface area contributed by atoms with E-state index in [2.05, 4.69) is 0 Å². The van der Waals surface area contributed by atoms with Crippen LogP contribution in [0.25, 0.3) is 11.1 Å². The summed E-state index contributed by atoms with van der Waals surface area (Å²) >= 11 is 0. The predicted octanol–water partition coefficient (Wildman–Crippen LogP) is 4.10. The van der Waals surface area contributed by atoms with Crippen molar-refractivity contribution in [1.29, 1.82) is 0 Å². The molecule has 0 aliphatic carbocycles. The van der Waals surface area contributed by atoms with Gasteiger partial charge in [0.2, 0.25) is 0 Å². The molecule has 20 heavy (non-hydrogen) atoms. The minimum absolute atomic E-state index is 0.00199. The number of benzene rings is 2. The van der Waals surface area contributed by atoms with E-state index >= 15 is 0 Å². The molecule has 0 fully saturated rings. The maximum atomic E-state index is 14.1. The van der Waals surface area contributed by atoms with E-state index < -0.39 is 17.6 Å². The maximum Gasteiger partial charge on any atom is 0.416 e. The molecule has 106 valence electrons. The van der Waals surface area contributed by atoms with Crippen LogP contribution in [0.3, 0.4) is 0 Å². The van der Waals surface area contributed by atoms with Gasteiger partial charge in [-0.05, 0) is 29.8 Å². The number of methoxy groups -OCH3 is 1. The number of hydrogen-bond donors (Lipinski definition) is 1. The van der Waals surface area contributed by atoms with Gasteiger partial charge in [-0.2, -0.15) is 13.2 Å². The van der Waals surface area contributed by atoms with Gasteiger partial charge in [0.05, 0.1) is 12.7 Å². The van der Waals surface area contributed by atoms with Crippen LogP contribution in [0.2, 0.25) is 0 Å². The van der Waals surface area contributed by atoms with Crippen molar-refractivity contribution in [2.45, 2.75) is 6.18 Å². The second-order valence-corrected chi connectivity index (χ2v) is 4.16. The van der Waals surface area contributed by atoms with Gasteiger partial charge in [-0.15, -0.1) is 0 Å². The molecule has 0 aromatic heterocycles. The summed E-state index contributed by atoms with van der Waals surface area (Å²) in [5.74, 6) is -0.771. The molecule has 0 saturated carbocycles. The number of alkyl halides is 3. The first-order valence-corrected chi connectivity index (χ1v) is 5.63. The molecule has 6 heteroatoms. The van der Waals surface area contributed by atoms with E-state index in [1.54, 1.807) is 0 Å². The average molecular weight is 285 g/mol. The maximum absolute atomic E-state index is 14.1. The molecular weight excluding hydrogens is 274 g/mol. The van der Waals surface area contributed by atoms with Crippen molar-refractivity contribution < 1.29 is 22.3 Å². The normalized spacial score (nSPS) is 11.4. The van der Waals surface area contributed by atoms with Crippen LogP contribution in [0.4, 0.5) is 23.2 Å². The lowest BCUT2D eigenvalue weighted by molar-refractivity contribution is -0.137. The fraction of sp³-hybridized carbons (Fsp3) is 0.143. The van der Waals surface area contributed by atoms with E-state index in [4.69, 9.17) is 10.5 Å². The summed E-state index contributed by atoms with van der Waals surface area (Å²) in [5.41, 5.74) is 4.50. The van der Waals surface area contributed by atoms with Gasteiger partial charge in [-0.3, -0.25) is 0 Å². The second-order valence-electron chi connectivity index (χ2n) is 4.16. The minimum Gasteiger partial charge on any atom is -0.494 e. The molecule has 2 rings (SSSR count). The number of hydrogen-bond acceptors (Lipinski definition) is 2. The molecule has 0 atom stereocenters. The van der Waals surface area contributed by atoms with Crippen LogP contribution in [-0.2, 0) is 6.18 Å². The highest BCUT2D eigenvalue weighted by molar-refractivity contribution is 5.70. The average Bonchev–Trinajstić information content (AvgIpc) is 2.37. The molecular formula is C14H11F4NO. The number of nitrogens with two attached hydrogens (primary N) is 1. The first-order valence-electron chi connectivity index (χ1n) is 5.63. The largest absolute Gasteiger partial charge is 0.494 e. The predicted molar refractivity (Wildman–Crippen MR) is 67.8 cm³/mol. The van der Waals surface area contributed by atoms with Crippen molar-refractivity contribution in [3.8, 4) is 16.9 Å². The molecule has 0 aliphatic heterocycles. The SMILES string of the molecule is COc1cccc(-c2cc(N)cc(C(F)(F)F)c2)c1F. The minimum atomic E-state index is -4.54. The lowest BCUT2D eigenvalue weighted by atomic mass is 10.0. The van der Waals surface area contributed by atoms with E-state index in [0.29, 0.717) is 0 Å². The van der Waals surface area contributed by atoms with Crippen LogP contribution < -0.4 is 10.5 Å². The highest BCUT2D eigenvalue weighted by Crippen LogP contribution is 2.36. The summed E-state index contributed by atoms with van der Waals surface area (Å²) in [5, 5.41) is 0. The van der Waals surface area contributed by atoms with Gasteiger partial charge in [-0.1, -0.05) is 12.1 Å². The Bertz CT molecular complexity index is 638. The monoisotopic (exact) mass is 285 g/mol. The molecule has 2 aromatic rings. The van der Waals surface area contributed by atoms with E-state index in [1.165, 1.54) is 31.4 Å². The van der Waals surface area contributed by atoms with Gasteiger partial charge in [0, 0.05) is 11.3 Å². The van der Waals surface area contributed by atoms with E-state index in [0.717, 1.165) is 12.1 Å². The zero-order valence-corrected chi connectivity index (χ0v) is 10.5. The summed E-state index contributed by atoms with van der Waals surface area (Å²) < 4.78 is 57.1. The van der Waals surface area contributed by atoms with Crippen LogP contribution in [0.5, 0.6) is 5.75 Å². The van der Waals surface area contributed by atoms with Crippen molar-refractivity contribution in [2.75, 3.05) is 12.8 Å². The fourth-order valence-electron chi connectivity index (χ4n) is 1.86. The Labute approximate surface area is 112 Å². The Morgan fingerprint density at radius 2 is 1.80 bits per heavy atom. The first kappa shape index (κ1) is 14.2. The quantitative estimate of drug-likeness (QED) is 0.666. The third-order valence-electron chi connectivity index (χ3n) is 2.78. The van der Waals surface area contributed by atoms with Gasteiger partial charge >= 0.3 is 6.18 Å². The van der Waals surface area contributed by atoms with Crippen LogP contribution in [0.15, 0.2) is 36.4 Å². The molecule has 0 amide bonds. The smallest absolute Gasteiger partial charge is 0.416 e. The topological polar surface area (TPSA) is 35.2 Å². The third kappa shape index (κ3) is 2.68. The summed E-state index contributed by atoms with van der Waals surface area (Å²) in [6.07, 6.45) is -4.54. The molecule has 0 bridgehead atoms. The number of nitrogen functional groups attached to an aromatic ring is 1. The van der Waals surface area contributed by atoms with Gasteiger partial charge in [0.15, 0.2) is 11.6 Å². The number of rotatable bonds is 2. The Balaban J connectivity index is 2.62. The summed E-state index contributed by atoms with van der Waals surface area (Å²) in [6, 6.07) is 7.19. The van der Waals surface area contributed by atoms with Gasteiger partial charge < -0.3 is 10.5 Å². The van der Waals surface area contributed by atoms with E-state index in [-0.39, 0.29) is 22.6 Å². The summed E-state index contributed by atoms with van der Waals surface area (Å²) in [6.45, 7) is 0. The molecule has 2 N–H and O–H groups in total. The Kier molecular flexibility index (Phi) is 3.57. The highest BCUT2D eigenvalue weighted by Gasteiger charge is 2.31. The van der Waals surface area contributed by atoms with Crippen LogP contribution in [0, 0.1) is 5.82 Å². The Morgan fingerprint density at radius 1 is 1.10 bits per heavy atom. The number of ether oxygens (including phenoxy) is 1. The molecule has 0 heterocycles. The highest BCUT2D eigenvalue weighted by atomic mass is 19.4. The lowest BCUT2D eigenvalue weighted by Gasteiger charge is -2.12. The summed E-state index contributed by atoms with van der Waals surface area (Å²) in [4.78, 5) is 0. The molecule has 0 aliphatic rings. The van der Waals surface area contributed by atoms with Gasteiger partial charge in [0.25, 0.3) is 0 Å². The zero-order chi connectivity index (χ0) is 14.9. The number of anilines is 1. The zero-order valence-electron chi connectivity index (χ0n) is 10.5. The molecule has 2 nitrogen and oxygen atoms in total. The van der Waals surface area contributed by atoms with Gasteiger partial charge in [-0.25, -0.2) is 4.39 Å². The van der Waals surface area contributed by atoms with Crippen molar-refractivity contribution in [1.82, 2.24) is 0 Å². The summed E-state index contributed by atoms with van der Waals surface area (Å²) in [7, 11) is 1.28. The van der Waals surface area contributed by atoms with Crippen LogP contribution in [0.1, 0.15) is 5.56 Å². The van der Waals surface area contributed by atoms with E-state index in [9.17, 15) is 17.6 Å². The van der Waals surface area contributed by atoms with Crippen molar-refractivity contribution >= 4 is 5.69 Å². The Morgan fingerprint density at radius 3 is 2.40 bits per heavy atom. The van der Waals surface area contributed by atoms with Crippen molar-refractivity contribution in [3.63, 3.8) is 0 Å². The van der Waals surface area contributed by atoms with E-state index in [1.807, 2.05) is 0 Å². The van der Waals surface area contributed by atoms with Gasteiger partial charge in [0.1, 0.15) is 0 Å². The third-order valence-corrected chi connectivity index (χ3v) is 2.78. The molecule has 0 unspecified atom stereocenters. The first-order chi connectivity index (χ1) is 9.32. The van der Waals surface area contributed by atoms with Crippen molar-refractivity contribution in [2.24, 2.45) is 0 Å². The lowest BCUT2D eigenvalue weighted by Crippen LogP contribution is -2.06. The van der Waals surface area contributed by atoms with Crippen LogP contribution >= 0.6 is 0 Å². The molecule has 0 spiro atoms. The Hall–Kier alpha value is -2.24. The van der Waals surface area contributed by atoms with Crippen LogP contribution in [-0.4, -0.2) is 7.11 Å².